The van der Waals surface area contributed by atoms with Crippen molar-refractivity contribution in [3.05, 3.63) is 11.9 Å². The van der Waals surface area contributed by atoms with Gasteiger partial charge < -0.3 is 15.2 Å². The normalized spacial score (nSPS) is 11.1. The van der Waals surface area contributed by atoms with Crippen LogP contribution in [-0.4, -0.2) is 37.2 Å². The van der Waals surface area contributed by atoms with E-state index in [1.54, 1.807) is 25.1 Å². The predicted molar refractivity (Wildman–Crippen MR) is 54.2 cm³/mol. The summed E-state index contributed by atoms with van der Waals surface area (Å²) >= 11 is 0. The molecular weight excluding hydrogens is 182 g/mol. The summed E-state index contributed by atoms with van der Waals surface area (Å²) in [4.78, 5) is 0. The lowest BCUT2D eigenvalue weighted by atomic mass is 10.3. The van der Waals surface area contributed by atoms with Gasteiger partial charge in [0, 0.05) is 20.4 Å². The molecule has 5 heteroatoms. The Kier molecular flexibility index (Phi) is 3.91. The molecule has 0 aliphatic rings. The average Bonchev–Trinajstić information content (AvgIpc) is 2.47. The minimum Gasteiger partial charge on any atom is -0.396 e. The predicted octanol–water partition coefficient (Wildman–Crippen LogP) is 0.608. The third-order valence-corrected chi connectivity index (χ3v) is 2.05. The topological polar surface area (TPSA) is 62.3 Å². The number of nitrogen functional groups attached to an aromatic ring is 1. The van der Waals surface area contributed by atoms with E-state index in [1.807, 2.05) is 6.92 Å². The summed E-state index contributed by atoms with van der Waals surface area (Å²) in [6.45, 7) is 3.01. The molecule has 0 aliphatic carbocycles. The number of nitrogens with two attached hydrogens (primary N) is 1. The van der Waals surface area contributed by atoms with Crippen LogP contribution in [-0.2, 0) is 9.47 Å². The van der Waals surface area contributed by atoms with Crippen LogP contribution in [0.3, 0.4) is 0 Å². The number of rotatable bonds is 5. The Morgan fingerprint density at radius 2 is 2.00 bits per heavy atom. The van der Waals surface area contributed by atoms with E-state index in [4.69, 9.17) is 15.2 Å². The van der Waals surface area contributed by atoms with Crippen molar-refractivity contribution in [3.8, 4) is 0 Å². The highest BCUT2D eigenvalue weighted by Gasteiger charge is 2.12. The highest BCUT2D eigenvalue weighted by atomic mass is 16.5. The number of hydrogen-bond acceptors (Lipinski definition) is 4. The first-order valence-electron chi connectivity index (χ1n) is 4.48. The van der Waals surface area contributed by atoms with Crippen LogP contribution in [0.4, 0.5) is 5.69 Å². The van der Waals surface area contributed by atoms with Crippen LogP contribution in [0, 0.1) is 6.92 Å². The van der Waals surface area contributed by atoms with Gasteiger partial charge in [0.2, 0.25) is 0 Å². The maximum Gasteiger partial charge on any atom is 0.0986 e. The van der Waals surface area contributed by atoms with Crippen molar-refractivity contribution in [2.45, 2.75) is 13.0 Å². The van der Waals surface area contributed by atoms with E-state index < -0.39 is 0 Å². The molecule has 5 nitrogen and oxygen atoms in total. The van der Waals surface area contributed by atoms with E-state index in [9.17, 15) is 0 Å². The molecule has 0 atom stereocenters. The van der Waals surface area contributed by atoms with Crippen LogP contribution in [0.1, 0.15) is 11.7 Å². The Bertz CT molecular complexity index is 260. The lowest BCUT2D eigenvalue weighted by Gasteiger charge is -2.15. The van der Waals surface area contributed by atoms with Crippen LogP contribution < -0.4 is 5.73 Å². The van der Waals surface area contributed by atoms with Gasteiger partial charge in [-0.15, -0.1) is 0 Å². The van der Waals surface area contributed by atoms with Crippen molar-refractivity contribution in [2.75, 3.05) is 33.2 Å². The molecule has 1 aromatic rings. The molecule has 0 amide bonds. The molecule has 1 heterocycles. The van der Waals surface area contributed by atoms with Gasteiger partial charge in [0.25, 0.3) is 0 Å². The van der Waals surface area contributed by atoms with Crippen LogP contribution in [0.2, 0.25) is 0 Å². The molecule has 14 heavy (non-hydrogen) atoms. The quantitative estimate of drug-likeness (QED) is 0.754. The zero-order valence-electron chi connectivity index (χ0n) is 8.86. The summed E-state index contributed by atoms with van der Waals surface area (Å²) in [7, 11) is 3.31. The van der Waals surface area contributed by atoms with Crippen molar-refractivity contribution in [2.24, 2.45) is 0 Å². The van der Waals surface area contributed by atoms with Gasteiger partial charge in [-0.3, -0.25) is 4.68 Å². The van der Waals surface area contributed by atoms with Crippen molar-refractivity contribution in [3.63, 3.8) is 0 Å². The van der Waals surface area contributed by atoms with E-state index in [2.05, 4.69) is 5.10 Å². The Morgan fingerprint density at radius 1 is 1.43 bits per heavy atom. The van der Waals surface area contributed by atoms with Crippen molar-refractivity contribution in [1.29, 1.82) is 0 Å². The SMILES string of the molecule is COCC(COC)n1cc(N)c(C)n1. The molecule has 0 unspecified atom stereocenters. The van der Waals surface area contributed by atoms with Crippen LogP contribution >= 0.6 is 0 Å². The van der Waals surface area contributed by atoms with E-state index in [-0.39, 0.29) is 6.04 Å². The fraction of sp³-hybridized carbons (Fsp3) is 0.667. The number of nitrogens with zero attached hydrogens (tertiary/aromatic N) is 2. The minimum absolute atomic E-state index is 0.0843. The highest BCUT2D eigenvalue weighted by molar-refractivity contribution is 5.39. The Hall–Kier alpha value is -1.07. The fourth-order valence-corrected chi connectivity index (χ4v) is 1.27. The van der Waals surface area contributed by atoms with E-state index >= 15 is 0 Å². The van der Waals surface area contributed by atoms with Gasteiger partial charge in [-0.2, -0.15) is 5.10 Å². The second kappa shape index (κ2) is 4.97. The molecule has 1 rings (SSSR count). The van der Waals surface area contributed by atoms with E-state index in [0.717, 1.165) is 5.69 Å². The molecule has 0 fully saturated rings. The third-order valence-electron chi connectivity index (χ3n) is 2.05. The first kappa shape index (κ1) is 11.0. The number of anilines is 1. The summed E-state index contributed by atoms with van der Waals surface area (Å²) in [5.41, 5.74) is 7.24. The third kappa shape index (κ3) is 2.46. The highest BCUT2D eigenvalue weighted by Crippen LogP contribution is 2.13. The molecule has 0 saturated carbocycles. The first-order chi connectivity index (χ1) is 6.69. The average molecular weight is 199 g/mol. The van der Waals surface area contributed by atoms with Gasteiger partial charge in [-0.25, -0.2) is 0 Å². The fourth-order valence-electron chi connectivity index (χ4n) is 1.27. The minimum atomic E-state index is 0.0843. The lowest BCUT2D eigenvalue weighted by Crippen LogP contribution is -2.20. The Labute approximate surface area is 83.8 Å². The number of ether oxygens (including phenoxy) is 2. The van der Waals surface area contributed by atoms with E-state index in [1.165, 1.54) is 0 Å². The molecule has 0 radical (unpaired) electrons. The summed E-state index contributed by atoms with van der Waals surface area (Å²) < 4.78 is 11.9. The number of hydrogen-bond donors (Lipinski definition) is 1. The Morgan fingerprint density at radius 3 is 2.36 bits per heavy atom. The largest absolute Gasteiger partial charge is 0.396 e. The van der Waals surface area contributed by atoms with Crippen LogP contribution in [0.15, 0.2) is 6.20 Å². The molecule has 0 spiro atoms. The van der Waals surface area contributed by atoms with Crippen LogP contribution in [0.5, 0.6) is 0 Å². The van der Waals surface area contributed by atoms with Crippen LogP contribution in [0.25, 0.3) is 0 Å². The van der Waals surface area contributed by atoms with Gasteiger partial charge in [-0.1, -0.05) is 0 Å². The summed E-state index contributed by atoms with van der Waals surface area (Å²) in [5.74, 6) is 0. The molecule has 80 valence electrons. The van der Waals surface area contributed by atoms with Gasteiger partial charge in [0.15, 0.2) is 0 Å². The molecule has 2 N–H and O–H groups in total. The molecule has 0 aromatic carbocycles. The summed E-state index contributed by atoms with van der Waals surface area (Å²) in [5, 5.41) is 4.28. The zero-order chi connectivity index (χ0) is 10.6. The standard InChI is InChI=1S/C9H17N3O2/c1-7-9(10)4-12(11-7)8(5-13-2)6-14-3/h4,8H,5-6,10H2,1-3H3. The molecular formula is C9H17N3O2. The molecule has 0 aliphatic heterocycles. The van der Waals surface area contributed by atoms with Crippen molar-refractivity contribution in [1.82, 2.24) is 9.78 Å². The molecule has 0 saturated heterocycles. The van der Waals surface area contributed by atoms with Gasteiger partial charge in [-0.05, 0) is 6.92 Å². The van der Waals surface area contributed by atoms with Crippen molar-refractivity contribution >= 4 is 5.69 Å². The number of aryl methyl sites for hydroxylation is 1. The molecule has 1 aromatic heterocycles. The number of aromatic nitrogens is 2. The Balaban J connectivity index is 2.76. The summed E-state index contributed by atoms with van der Waals surface area (Å²) in [6, 6.07) is 0.0843. The lowest BCUT2D eigenvalue weighted by molar-refractivity contribution is 0.0838. The first-order valence-corrected chi connectivity index (χ1v) is 4.48. The molecule has 0 bridgehead atoms. The second-order valence-corrected chi connectivity index (χ2v) is 3.21. The second-order valence-electron chi connectivity index (χ2n) is 3.21. The maximum absolute atomic E-state index is 5.71. The van der Waals surface area contributed by atoms with E-state index in [0.29, 0.717) is 18.9 Å². The zero-order valence-corrected chi connectivity index (χ0v) is 8.86. The van der Waals surface area contributed by atoms with Gasteiger partial charge >= 0.3 is 0 Å². The number of methoxy groups -OCH3 is 2. The summed E-state index contributed by atoms with van der Waals surface area (Å²) in [6.07, 6.45) is 1.80. The van der Waals surface area contributed by atoms with Gasteiger partial charge in [0.1, 0.15) is 0 Å². The van der Waals surface area contributed by atoms with Gasteiger partial charge in [0.05, 0.1) is 30.6 Å². The monoisotopic (exact) mass is 199 g/mol. The van der Waals surface area contributed by atoms with Crippen molar-refractivity contribution < 1.29 is 9.47 Å². The maximum atomic E-state index is 5.71. The smallest absolute Gasteiger partial charge is 0.0986 e.